The summed E-state index contributed by atoms with van der Waals surface area (Å²) in [7, 11) is 0. The molecule has 0 amide bonds. The number of fused-ring (bicyclic) bond motifs is 6. The Morgan fingerprint density at radius 3 is 1.14 bits per heavy atom. The Hall–Kier alpha value is -9.18. The molecule has 13 aromatic rings. The molecule has 2 aromatic heterocycles. The number of hydrogen-bond donors (Lipinski definition) is 0. The van der Waals surface area contributed by atoms with Crippen molar-refractivity contribution in [2.45, 2.75) is 0 Å². The summed E-state index contributed by atoms with van der Waals surface area (Å²) in [5.41, 5.74) is 19.7. The van der Waals surface area contributed by atoms with Crippen LogP contribution in [0.4, 0.5) is 17.1 Å². The van der Waals surface area contributed by atoms with Crippen LogP contribution in [-0.4, -0.2) is 9.13 Å². The van der Waals surface area contributed by atoms with E-state index in [1.165, 1.54) is 60.3 Å². The Kier molecular flexibility index (Phi) is 9.84. The number of hydrogen-bond acceptors (Lipinski definition) is 1. The first-order chi connectivity index (χ1) is 34.2. The normalized spacial score (nSPS) is 11.5. The fraction of sp³-hybridized carbons (Fsp3) is 0. The first-order valence-corrected chi connectivity index (χ1v) is 23.7. The second kappa shape index (κ2) is 16.9. The molecule has 0 spiro atoms. The second-order valence-electron chi connectivity index (χ2n) is 17.8. The third kappa shape index (κ3) is 7.16. The molecule has 0 fully saturated rings. The summed E-state index contributed by atoms with van der Waals surface area (Å²) < 4.78 is 4.79. The van der Waals surface area contributed by atoms with E-state index in [2.05, 4.69) is 287 Å². The average Bonchev–Trinajstić information content (AvgIpc) is 3.94. The highest BCUT2D eigenvalue weighted by Crippen LogP contribution is 2.42. The Labute approximate surface area is 401 Å². The van der Waals surface area contributed by atoms with Crippen LogP contribution in [0.5, 0.6) is 0 Å². The minimum Gasteiger partial charge on any atom is -0.311 e. The predicted molar refractivity (Wildman–Crippen MR) is 292 cm³/mol. The topological polar surface area (TPSA) is 13.1 Å². The Morgan fingerprint density at radius 2 is 0.565 bits per heavy atom. The lowest BCUT2D eigenvalue weighted by Gasteiger charge is -2.26. The summed E-state index contributed by atoms with van der Waals surface area (Å²) in [6.45, 7) is 0. The van der Waals surface area contributed by atoms with Gasteiger partial charge in [-0.3, -0.25) is 0 Å². The molecule has 3 nitrogen and oxygen atoms in total. The molecule has 0 N–H and O–H groups in total. The number of benzene rings is 11. The van der Waals surface area contributed by atoms with Gasteiger partial charge in [0, 0.05) is 50.0 Å². The van der Waals surface area contributed by atoms with Gasteiger partial charge in [-0.05, 0) is 154 Å². The fourth-order valence-electron chi connectivity index (χ4n) is 10.4. The first kappa shape index (κ1) is 40.1. The molecular weight excluding hydrogens is 835 g/mol. The van der Waals surface area contributed by atoms with E-state index in [0.717, 1.165) is 56.3 Å². The second-order valence-corrected chi connectivity index (χ2v) is 17.8. The van der Waals surface area contributed by atoms with Crippen molar-refractivity contribution in [3.8, 4) is 55.9 Å². The summed E-state index contributed by atoms with van der Waals surface area (Å²) in [6, 6.07) is 99.2. The van der Waals surface area contributed by atoms with Crippen molar-refractivity contribution in [1.29, 1.82) is 0 Å². The largest absolute Gasteiger partial charge is 0.311 e. The van der Waals surface area contributed by atoms with Crippen LogP contribution < -0.4 is 4.90 Å². The van der Waals surface area contributed by atoms with Crippen molar-refractivity contribution in [1.82, 2.24) is 9.13 Å². The van der Waals surface area contributed by atoms with E-state index in [-0.39, 0.29) is 0 Å². The van der Waals surface area contributed by atoms with E-state index in [0.29, 0.717) is 0 Å². The number of anilines is 3. The molecule has 0 aliphatic heterocycles. The quantitative estimate of drug-likeness (QED) is 0.141. The van der Waals surface area contributed by atoms with Crippen LogP contribution in [0.25, 0.3) is 99.5 Å². The Bertz CT molecular complexity index is 3960. The van der Waals surface area contributed by atoms with Gasteiger partial charge in [-0.1, -0.05) is 164 Å². The van der Waals surface area contributed by atoms with Crippen molar-refractivity contribution < 1.29 is 0 Å². The number of nitrogens with zero attached hydrogens (tertiary/aromatic N) is 3. The molecule has 0 unspecified atom stereocenters. The minimum absolute atomic E-state index is 1.09. The fourth-order valence-corrected chi connectivity index (χ4v) is 10.4. The maximum atomic E-state index is 2.40. The van der Waals surface area contributed by atoms with Crippen LogP contribution in [0.3, 0.4) is 0 Å². The third-order valence-electron chi connectivity index (χ3n) is 13.7. The summed E-state index contributed by atoms with van der Waals surface area (Å²) in [6.07, 6.45) is 0. The zero-order valence-electron chi connectivity index (χ0n) is 37.8. The molecule has 11 aromatic carbocycles. The van der Waals surface area contributed by atoms with Gasteiger partial charge in [0.25, 0.3) is 0 Å². The zero-order valence-corrected chi connectivity index (χ0v) is 37.8. The molecular formula is C66H45N3. The van der Waals surface area contributed by atoms with Gasteiger partial charge in [-0.2, -0.15) is 0 Å². The molecule has 0 aliphatic carbocycles. The van der Waals surface area contributed by atoms with Gasteiger partial charge in [-0.15, -0.1) is 0 Å². The van der Waals surface area contributed by atoms with Crippen molar-refractivity contribution >= 4 is 60.7 Å². The summed E-state index contributed by atoms with van der Waals surface area (Å²) in [4.78, 5) is 2.34. The standard InChI is InChI=1S/C66H45N3/c1-5-17-46(18-6-1)47-29-35-57(36-30-47)67(54-19-7-2-8-20-54)58-37-31-48(32-38-58)51-41-52(49-34-40-65-62(44-49)60-26-14-16-28-64(60)68(65)55-21-9-3-10-22-55)43-53(42-51)50-33-39-61-59-25-13-15-27-63(59)69(66(61)45-50)56-23-11-4-12-24-56/h1-45H. The molecule has 0 saturated carbocycles. The van der Waals surface area contributed by atoms with E-state index >= 15 is 0 Å². The van der Waals surface area contributed by atoms with Crippen LogP contribution in [-0.2, 0) is 0 Å². The highest BCUT2D eigenvalue weighted by Gasteiger charge is 2.18. The van der Waals surface area contributed by atoms with E-state index in [1.54, 1.807) is 0 Å². The van der Waals surface area contributed by atoms with Gasteiger partial charge in [0.2, 0.25) is 0 Å². The maximum Gasteiger partial charge on any atom is 0.0547 e. The van der Waals surface area contributed by atoms with Crippen molar-refractivity contribution in [3.63, 3.8) is 0 Å². The van der Waals surface area contributed by atoms with Crippen molar-refractivity contribution in [2.75, 3.05) is 4.90 Å². The van der Waals surface area contributed by atoms with Gasteiger partial charge in [0.05, 0.1) is 22.1 Å². The molecule has 3 heteroatoms. The van der Waals surface area contributed by atoms with Gasteiger partial charge in [0.15, 0.2) is 0 Å². The lowest BCUT2D eigenvalue weighted by Crippen LogP contribution is -2.09. The average molecular weight is 880 g/mol. The van der Waals surface area contributed by atoms with Gasteiger partial charge >= 0.3 is 0 Å². The van der Waals surface area contributed by atoms with E-state index in [4.69, 9.17) is 0 Å². The number of para-hydroxylation sites is 5. The number of aromatic nitrogens is 2. The monoisotopic (exact) mass is 879 g/mol. The molecule has 0 radical (unpaired) electrons. The smallest absolute Gasteiger partial charge is 0.0547 e. The van der Waals surface area contributed by atoms with Crippen LogP contribution in [0.1, 0.15) is 0 Å². The first-order valence-electron chi connectivity index (χ1n) is 23.7. The molecule has 0 atom stereocenters. The Morgan fingerprint density at radius 1 is 0.203 bits per heavy atom. The lowest BCUT2D eigenvalue weighted by molar-refractivity contribution is 1.18. The third-order valence-corrected chi connectivity index (χ3v) is 13.7. The summed E-state index contributed by atoms with van der Waals surface area (Å²) in [5.74, 6) is 0. The molecule has 0 aliphatic rings. The minimum atomic E-state index is 1.09. The lowest BCUT2D eigenvalue weighted by atomic mass is 9.92. The van der Waals surface area contributed by atoms with E-state index < -0.39 is 0 Å². The van der Waals surface area contributed by atoms with Crippen LogP contribution in [0.15, 0.2) is 273 Å². The molecule has 13 rings (SSSR count). The van der Waals surface area contributed by atoms with Gasteiger partial charge < -0.3 is 14.0 Å². The van der Waals surface area contributed by atoms with Crippen LogP contribution >= 0.6 is 0 Å². The maximum absolute atomic E-state index is 2.40. The van der Waals surface area contributed by atoms with Crippen molar-refractivity contribution in [2.24, 2.45) is 0 Å². The molecule has 324 valence electrons. The van der Waals surface area contributed by atoms with Crippen molar-refractivity contribution in [3.05, 3.63) is 273 Å². The molecule has 0 saturated heterocycles. The van der Waals surface area contributed by atoms with E-state index in [1.807, 2.05) is 0 Å². The molecule has 0 bridgehead atoms. The highest BCUT2D eigenvalue weighted by molar-refractivity contribution is 6.12. The molecule has 2 heterocycles. The molecule has 69 heavy (non-hydrogen) atoms. The van der Waals surface area contributed by atoms with Gasteiger partial charge in [-0.25, -0.2) is 0 Å². The van der Waals surface area contributed by atoms with E-state index in [9.17, 15) is 0 Å². The summed E-state index contributed by atoms with van der Waals surface area (Å²) >= 11 is 0. The Balaban J connectivity index is 0.967. The highest BCUT2D eigenvalue weighted by atomic mass is 15.1. The van der Waals surface area contributed by atoms with Crippen LogP contribution in [0, 0.1) is 0 Å². The number of rotatable bonds is 9. The predicted octanol–water partition coefficient (Wildman–Crippen LogP) is 18.0. The van der Waals surface area contributed by atoms with Crippen LogP contribution in [0.2, 0.25) is 0 Å². The summed E-state index contributed by atoms with van der Waals surface area (Å²) in [5, 5.41) is 4.96. The zero-order chi connectivity index (χ0) is 45.7. The van der Waals surface area contributed by atoms with Gasteiger partial charge in [0.1, 0.15) is 0 Å². The SMILES string of the molecule is c1ccc(-c2ccc(N(c3ccccc3)c3ccc(-c4cc(-c5ccc6c(c5)c5ccccc5n6-c5ccccc5)cc(-c5ccc6c7ccccc7n(-c7ccccc7)c6c5)c4)cc3)cc2)cc1.